The molecule has 1 saturated carbocycles. The Morgan fingerprint density at radius 1 is 1.32 bits per heavy atom. The summed E-state index contributed by atoms with van der Waals surface area (Å²) >= 11 is 0. The highest BCUT2D eigenvalue weighted by Gasteiger charge is 2.29. The number of carbonyl (C=O) groups is 1. The van der Waals surface area contributed by atoms with E-state index in [0.29, 0.717) is 23.4 Å². The molecule has 7 heteroatoms. The molecule has 2 heterocycles. The second-order valence-corrected chi connectivity index (χ2v) is 7.99. The molecule has 0 aliphatic heterocycles. The molecule has 134 valence electrons. The first kappa shape index (κ1) is 17.4. The van der Waals surface area contributed by atoms with Gasteiger partial charge in [0.05, 0.1) is 11.4 Å². The molecule has 0 spiro atoms. The molecule has 2 aromatic rings. The number of hydrogen-bond donors (Lipinski definition) is 2. The van der Waals surface area contributed by atoms with E-state index in [1.165, 1.54) is 10.7 Å². The quantitative estimate of drug-likeness (QED) is 0.892. The van der Waals surface area contributed by atoms with Crippen LogP contribution in [0.15, 0.2) is 16.9 Å². The lowest BCUT2D eigenvalue weighted by Crippen LogP contribution is -2.29. The number of aromatic amines is 1. The highest BCUT2D eigenvalue weighted by Crippen LogP contribution is 2.40. The summed E-state index contributed by atoms with van der Waals surface area (Å²) in [6.07, 6.45) is 2.19. The molecule has 1 amide bonds. The van der Waals surface area contributed by atoms with E-state index in [-0.39, 0.29) is 17.4 Å². The second-order valence-electron chi connectivity index (χ2n) is 7.99. The summed E-state index contributed by atoms with van der Waals surface area (Å²) in [6.45, 7) is 9.51. The standard InChI is InChI=1S/C18H25N5O2/c1-10(2)12-9-15(24)21-17(19-12)23-14(20-16(25)18(3,4)5)8-13(22-23)11-6-7-11/h8-11H,6-7H2,1-5H3,(H,20,25)(H,19,21,24). The summed E-state index contributed by atoms with van der Waals surface area (Å²) in [5, 5.41) is 7.51. The third kappa shape index (κ3) is 3.81. The van der Waals surface area contributed by atoms with Crippen molar-refractivity contribution in [3.8, 4) is 5.95 Å². The van der Waals surface area contributed by atoms with Crippen LogP contribution in [0.3, 0.4) is 0 Å². The van der Waals surface area contributed by atoms with Crippen LogP contribution < -0.4 is 10.9 Å². The Morgan fingerprint density at radius 3 is 2.56 bits per heavy atom. The molecule has 3 rings (SSSR count). The third-order valence-corrected chi connectivity index (χ3v) is 4.19. The smallest absolute Gasteiger partial charge is 0.252 e. The Balaban J connectivity index is 2.06. The molecule has 1 aliphatic carbocycles. The number of carbonyl (C=O) groups excluding carboxylic acids is 1. The van der Waals surface area contributed by atoms with E-state index >= 15 is 0 Å². The maximum Gasteiger partial charge on any atom is 0.252 e. The number of nitrogens with zero attached hydrogens (tertiary/aromatic N) is 3. The highest BCUT2D eigenvalue weighted by atomic mass is 16.2. The maximum atomic E-state index is 12.4. The first-order valence-electron chi connectivity index (χ1n) is 8.68. The van der Waals surface area contributed by atoms with Crippen molar-refractivity contribution in [1.29, 1.82) is 0 Å². The van der Waals surface area contributed by atoms with Gasteiger partial charge in [0.15, 0.2) is 0 Å². The Bertz CT molecular complexity index is 853. The van der Waals surface area contributed by atoms with Gasteiger partial charge in [-0.05, 0) is 18.8 Å². The minimum atomic E-state index is -0.532. The average Bonchev–Trinajstić information content (AvgIpc) is 3.27. The Labute approximate surface area is 146 Å². The summed E-state index contributed by atoms with van der Waals surface area (Å²) < 4.78 is 1.53. The number of amides is 1. The number of hydrogen-bond acceptors (Lipinski definition) is 4. The summed E-state index contributed by atoms with van der Waals surface area (Å²) in [7, 11) is 0. The molecule has 0 aromatic carbocycles. The molecule has 0 saturated heterocycles. The van der Waals surface area contributed by atoms with Gasteiger partial charge in [-0.1, -0.05) is 34.6 Å². The number of H-pyrrole nitrogens is 1. The van der Waals surface area contributed by atoms with Gasteiger partial charge in [0.2, 0.25) is 11.9 Å². The fourth-order valence-electron chi connectivity index (χ4n) is 2.39. The topological polar surface area (TPSA) is 92.7 Å². The van der Waals surface area contributed by atoms with Crippen LogP contribution in [-0.4, -0.2) is 25.7 Å². The van der Waals surface area contributed by atoms with Crippen LogP contribution in [0, 0.1) is 5.41 Å². The van der Waals surface area contributed by atoms with Crippen molar-refractivity contribution in [2.24, 2.45) is 5.41 Å². The molecule has 1 aliphatic rings. The van der Waals surface area contributed by atoms with Gasteiger partial charge in [-0.25, -0.2) is 4.98 Å². The van der Waals surface area contributed by atoms with Crippen LogP contribution in [-0.2, 0) is 4.79 Å². The lowest BCUT2D eigenvalue weighted by molar-refractivity contribution is -0.123. The molecular formula is C18H25N5O2. The van der Waals surface area contributed by atoms with Crippen molar-refractivity contribution >= 4 is 11.7 Å². The van der Waals surface area contributed by atoms with Crippen LogP contribution in [0.2, 0.25) is 0 Å². The number of nitrogens with one attached hydrogen (secondary N) is 2. The lowest BCUT2D eigenvalue weighted by Gasteiger charge is -2.18. The normalized spacial score (nSPS) is 14.8. The molecule has 0 unspecified atom stereocenters. The second kappa shape index (κ2) is 6.13. The van der Waals surface area contributed by atoms with Crippen molar-refractivity contribution in [3.63, 3.8) is 0 Å². The average molecular weight is 343 g/mol. The summed E-state index contributed by atoms with van der Waals surface area (Å²) in [5.41, 5.74) is 0.845. The fourth-order valence-corrected chi connectivity index (χ4v) is 2.39. The van der Waals surface area contributed by atoms with Crippen LogP contribution in [0.4, 0.5) is 5.82 Å². The molecule has 2 N–H and O–H groups in total. The van der Waals surface area contributed by atoms with E-state index in [1.54, 1.807) is 0 Å². The summed E-state index contributed by atoms with van der Waals surface area (Å²) in [5.74, 6) is 1.29. The number of rotatable bonds is 4. The molecule has 7 nitrogen and oxygen atoms in total. The van der Waals surface area contributed by atoms with Crippen molar-refractivity contribution in [2.45, 2.75) is 59.3 Å². The minimum absolute atomic E-state index is 0.113. The molecule has 0 atom stereocenters. The van der Waals surface area contributed by atoms with Gasteiger partial charge in [-0.3, -0.25) is 14.6 Å². The predicted molar refractivity (Wildman–Crippen MR) is 96.1 cm³/mol. The van der Waals surface area contributed by atoms with Crippen molar-refractivity contribution in [2.75, 3.05) is 5.32 Å². The third-order valence-electron chi connectivity index (χ3n) is 4.19. The van der Waals surface area contributed by atoms with Crippen LogP contribution in [0.5, 0.6) is 0 Å². The summed E-state index contributed by atoms with van der Waals surface area (Å²) in [4.78, 5) is 31.7. The first-order valence-corrected chi connectivity index (χ1v) is 8.68. The molecule has 2 aromatic heterocycles. The van der Waals surface area contributed by atoms with Gasteiger partial charge in [0, 0.05) is 23.5 Å². The van der Waals surface area contributed by atoms with Gasteiger partial charge in [0.25, 0.3) is 5.56 Å². The first-order chi connectivity index (χ1) is 11.6. The van der Waals surface area contributed by atoms with Crippen molar-refractivity contribution in [3.05, 3.63) is 33.9 Å². The van der Waals surface area contributed by atoms with E-state index in [2.05, 4.69) is 20.4 Å². The summed E-state index contributed by atoms with van der Waals surface area (Å²) in [6, 6.07) is 3.37. The van der Waals surface area contributed by atoms with Gasteiger partial charge < -0.3 is 5.32 Å². The van der Waals surface area contributed by atoms with Crippen LogP contribution >= 0.6 is 0 Å². The molecule has 0 radical (unpaired) electrons. The van der Waals surface area contributed by atoms with E-state index in [1.807, 2.05) is 40.7 Å². The zero-order valence-electron chi connectivity index (χ0n) is 15.4. The van der Waals surface area contributed by atoms with Gasteiger partial charge in [0.1, 0.15) is 5.82 Å². The number of aromatic nitrogens is 4. The van der Waals surface area contributed by atoms with E-state index in [9.17, 15) is 9.59 Å². The van der Waals surface area contributed by atoms with E-state index in [4.69, 9.17) is 0 Å². The molecule has 1 fully saturated rings. The van der Waals surface area contributed by atoms with Crippen molar-refractivity contribution < 1.29 is 4.79 Å². The lowest BCUT2D eigenvalue weighted by atomic mass is 9.96. The fraction of sp³-hybridized carbons (Fsp3) is 0.556. The predicted octanol–water partition coefficient (Wildman–Crippen LogP) is 2.94. The molecular weight excluding hydrogens is 318 g/mol. The zero-order chi connectivity index (χ0) is 18.4. The molecule has 0 bridgehead atoms. The minimum Gasteiger partial charge on any atom is -0.310 e. The van der Waals surface area contributed by atoms with E-state index < -0.39 is 5.41 Å². The highest BCUT2D eigenvalue weighted by molar-refractivity contribution is 5.94. The SMILES string of the molecule is CC(C)c1cc(=O)[nH]c(-n2nc(C3CC3)cc2NC(=O)C(C)(C)C)n1. The largest absolute Gasteiger partial charge is 0.310 e. The Hall–Kier alpha value is -2.44. The van der Waals surface area contributed by atoms with Crippen LogP contribution in [0.25, 0.3) is 5.95 Å². The Kier molecular flexibility index (Phi) is 4.26. The van der Waals surface area contributed by atoms with Gasteiger partial charge >= 0.3 is 0 Å². The van der Waals surface area contributed by atoms with Gasteiger partial charge in [-0.2, -0.15) is 9.78 Å². The van der Waals surface area contributed by atoms with Crippen LogP contribution in [0.1, 0.15) is 70.7 Å². The molecule has 25 heavy (non-hydrogen) atoms. The zero-order valence-corrected chi connectivity index (χ0v) is 15.4. The van der Waals surface area contributed by atoms with Gasteiger partial charge in [-0.15, -0.1) is 0 Å². The maximum absolute atomic E-state index is 12.4. The number of anilines is 1. The van der Waals surface area contributed by atoms with Crippen molar-refractivity contribution in [1.82, 2.24) is 19.7 Å². The van der Waals surface area contributed by atoms with E-state index in [0.717, 1.165) is 18.5 Å². The Morgan fingerprint density at radius 2 is 2.00 bits per heavy atom. The monoisotopic (exact) mass is 343 g/mol.